The van der Waals surface area contributed by atoms with Crippen molar-refractivity contribution in [3.63, 3.8) is 0 Å². The van der Waals surface area contributed by atoms with Gasteiger partial charge in [-0.25, -0.2) is 9.18 Å². The van der Waals surface area contributed by atoms with Crippen LogP contribution in [0.3, 0.4) is 0 Å². The van der Waals surface area contributed by atoms with Crippen molar-refractivity contribution in [1.29, 1.82) is 0 Å². The lowest BCUT2D eigenvalue weighted by atomic mass is 10.1. The Labute approximate surface area is 77.8 Å². The Morgan fingerprint density at radius 1 is 1.29 bits per heavy atom. The van der Waals surface area contributed by atoms with Crippen LogP contribution in [0.2, 0.25) is 0 Å². The molecule has 0 saturated heterocycles. The molecule has 3 nitrogen and oxygen atoms in total. The van der Waals surface area contributed by atoms with Gasteiger partial charge in [0.15, 0.2) is 6.29 Å². The van der Waals surface area contributed by atoms with E-state index in [9.17, 15) is 14.0 Å². The lowest BCUT2D eigenvalue weighted by Crippen LogP contribution is -1.99. The molecule has 0 spiro atoms. The number of hydrogen-bond acceptors (Lipinski definition) is 3. The van der Waals surface area contributed by atoms with Crippen LogP contribution in [0.4, 0.5) is 4.39 Å². The molecule has 0 radical (unpaired) electrons. The van der Waals surface area contributed by atoms with Gasteiger partial charge in [-0.15, -0.1) is 0 Å². The molecule has 2 aromatic rings. The highest BCUT2D eigenvalue weighted by Crippen LogP contribution is 2.16. The molecule has 4 heteroatoms. The van der Waals surface area contributed by atoms with Gasteiger partial charge in [0, 0.05) is 23.1 Å². The first-order valence-electron chi connectivity index (χ1n) is 3.89. The van der Waals surface area contributed by atoms with Crippen molar-refractivity contribution < 1.29 is 13.6 Å². The summed E-state index contributed by atoms with van der Waals surface area (Å²) in [6.07, 6.45) is 0.539. The van der Waals surface area contributed by atoms with Gasteiger partial charge in [0.05, 0.1) is 0 Å². The Kier molecular flexibility index (Phi) is 1.89. The van der Waals surface area contributed by atoms with Gasteiger partial charge in [0.2, 0.25) is 0 Å². The van der Waals surface area contributed by atoms with Gasteiger partial charge in [-0.1, -0.05) is 0 Å². The number of carbonyl (C=O) groups is 1. The molecule has 0 aliphatic heterocycles. The molecule has 14 heavy (non-hydrogen) atoms. The monoisotopic (exact) mass is 192 g/mol. The van der Waals surface area contributed by atoms with Crippen molar-refractivity contribution in [3.05, 3.63) is 46.1 Å². The number of rotatable bonds is 1. The molecule has 0 N–H and O–H groups in total. The standard InChI is InChI=1S/C10H5FO3/c11-7-1-2-8-6(5-12)3-10(13)14-9(8)4-7/h1-5H. The normalized spacial score (nSPS) is 10.4. The first kappa shape index (κ1) is 8.62. The number of benzene rings is 1. The summed E-state index contributed by atoms with van der Waals surface area (Å²) in [6, 6.07) is 4.75. The minimum atomic E-state index is -0.662. The molecule has 0 atom stereocenters. The van der Waals surface area contributed by atoms with E-state index in [4.69, 9.17) is 4.42 Å². The van der Waals surface area contributed by atoms with Gasteiger partial charge in [-0.3, -0.25) is 4.79 Å². The highest BCUT2D eigenvalue weighted by Gasteiger charge is 2.05. The SMILES string of the molecule is O=Cc1cc(=O)oc2cc(F)ccc12. The Balaban J connectivity index is 2.94. The van der Waals surface area contributed by atoms with Gasteiger partial charge in [0.25, 0.3) is 0 Å². The number of halogens is 1. The summed E-state index contributed by atoms with van der Waals surface area (Å²) in [7, 11) is 0. The second kappa shape index (κ2) is 3.06. The first-order chi connectivity index (χ1) is 6.70. The molecule has 1 aromatic heterocycles. The predicted octanol–water partition coefficient (Wildman–Crippen LogP) is 1.74. The smallest absolute Gasteiger partial charge is 0.336 e. The van der Waals surface area contributed by atoms with Crippen LogP contribution in [0.15, 0.2) is 33.5 Å². The Bertz CT molecular complexity index is 557. The number of carbonyl (C=O) groups excluding carboxylic acids is 1. The summed E-state index contributed by atoms with van der Waals surface area (Å²) < 4.78 is 17.5. The average Bonchev–Trinajstić information content (AvgIpc) is 2.15. The zero-order valence-corrected chi connectivity index (χ0v) is 6.99. The van der Waals surface area contributed by atoms with E-state index in [1.807, 2.05) is 0 Å². The van der Waals surface area contributed by atoms with Gasteiger partial charge in [0.1, 0.15) is 11.4 Å². The number of fused-ring (bicyclic) bond motifs is 1. The second-order valence-electron chi connectivity index (χ2n) is 2.78. The van der Waals surface area contributed by atoms with E-state index in [1.165, 1.54) is 12.1 Å². The Hall–Kier alpha value is -1.97. The summed E-state index contributed by atoms with van der Waals surface area (Å²) >= 11 is 0. The predicted molar refractivity (Wildman–Crippen MR) is 47.8 cm³/mol. The quantitative estimate of drug-likeness (QED) is 0.510. The van der Waals surface area contributed by atoms with E-state index >= 15 is 0 Å². The molecular weight excluding hydrogens is 187 g/mol. The summed E-state index contributed by atoms with van der Waals surface area (Å²) in [5.74, 6) is -0.510. The minimum Gasteiger partial charge on any atom is -0.423 e. The third kappa shape index (κ3) is 1.31. The van der Waals surface area contributed by atoms with Gasteiger partial charge in [-0.2, -0.15) is 0 Å². The maximum absolute atomic E-state index is 12.8. The summed E-state index contributed by atoms with van der Waals surface area (Å²) in [5.41, 5.74) is -0.374. The van der Waals surface area contributed by atoms with Crippen LogP contribution >= 0.6 is 0 Å². The highest BCUT2D eigenvalue weighted by atomic mass is 19.1. The van der Waals surface area contributed by atoms with Gasteiger partial charge in [-0.05, 0) is 12.1 Å². The summed E-state index contributed by atoms with van der Waals surface area (Å²) in [6.45, 7) is 0. The average molecular weight is 192 g/mol. The topological polar surface area (TPSA) is 47.3 Å². The van der Waals surface area contributed by atoms with Crippen LogP contribution in [0.1, 0.15) is 10.4 Å². The maximum Gasteiger partial charge on any atom is 0.336 e. The van der Waals surface area contributed by atoms with Crippen LogP contribution in [0.25, 0.3) is 11.0 Å². The summed E-state index contributed by atoms with van der Waals surface area (Å²) in [5, 5.41) is 0.431. The van der Waals surface area contributed by atoms with Crippen molar-refractivity contribution in [3.8, 4) is 0 Å². The highest BCUT2D eigenvalue weighted by molar-refractivity contribution is 5.95. The van der Waals surface area contributed by atoms with E-state index in [2.05, 4.69) is 0 Å². The molecule has 0 unspecified atom stereocenters. The zero-order valence-electron chi connectivity index (χ0n) is 6.99. The van der Waals surface area contributed by atoms with Crippen LogP contribution in [-0.4, -0.2) is 6.29 Å². The molecule has 1 heterocycles. The fraction of sp³-hybridized carbons (Fsp3) is 0. The summed E-state index contributed by atoms with van der Waals surface area (Å²) in [4.78, 5) is 21.5. The fourth-order valence-corrected chi connectivity index (χ4v) is 1.26. The fourth-order valence-electron chi connectivity index (χ4n) is 1.26. The molecular formula is C10H5FO3. The Morgan fingerprint density at radius 2 is 2.07 bits per heavy atom. The van der Waals surface area contributed by atoms with Gasteiger partial charge < -0.3 is 4.42 Å². The van der Waals surface area contributed by atoms with Crippen molar-refractivity contribution in [1.82, 2.24) is 0 Å². The number of hydrogen-bond donors (Lipinski definition) is 0. The molecule has 70 valence electrons. The lowest BCUT2D eigenvalue weighted by Gasteiger charge is -1.98. The van der Waals surface area contributed by atoms with Crippen molar-refractivity contribution >= 4 is 17.3 Å². The second-order valence-corrected chi connectivity index (χ2v) is 2.78. The minimum absolute atomic E-state index is 0.0830. The molecule has 0 fully saturated rings. The maximum atomic E-state index is 12.8. The van der Waals surface area contributed by atoms with Crippen molar-refractivity contribution in [2.75, 3.05) is 0 Å². The zero-order chi connectivity index (χ0) is 10.1. The molecule has 0 amide bonds. The first-order valence-corrected chi connectivity index (χ1v) is 3.89. The molecule has 0 bridgehead atoms. The molecule has 0 aliphatic rings. The van der Waals surface area contributed by atoms with Crippen LogP contribution < -0.4 is 5.63 Å². The van der Waals surface area contributed by atoms with E-state index in [0.29, 0.717) is 11.7 Å². The van der Waals surface area contributed by atoms with E-state index in [-0.39, 0.29) is 11.1 Å². The molecule has 1 aromatic carbocycles. The molecule has 0 aliphatic carbocycles. The van der Waals surface area contributed by atoms with E-state index in [0.717, 1.165) is 12.1 Å². The van der Waals surface area contributed by atoms with Crippen molar-refractivity contribution in [2.24, 2.45) is 0 Å². The van der Waals surface area contributed by atoms with E-state index in [1.54, 1.807) is 0 Å². The lowest BCUT2D eigenvalue weighted by molar-refractivity contribution is 0.112. The van der Waals surface area contributed by atoms with E-state index < -0.39 is 11.4 Å². The van der Waals surface area contributed by atoms with Crippen LogP contribution in [0, 0.1) is 5.82 Å². The largest absolute Gasteiger partial charge is 0.423 e. The van der Waals surface area contributed by atoms with Crippen LogP contribution in [-0.2, 0) is 0 Å². The molecule has 0 saturated carbocycles. The number of aldehydes is 1. The third-order valence-electron chi connectivity index (χ3n) is 1.87. The molecule has 2 rings (SSSR count). The van der Waals surface area contributed by atoms with Gasteiger partial charge >= 0.3 is 5.63 Å². The van der Waals surface area contributed by atoms with Crippen LogP contribution in [0.5, 0.6) is 0 Å². The Morgan fingerprint density at radius 3 is 2.79 bits per heavy atom. The van der Waals surface area contributed by atoms with Crippen molar-refractivity contribution in [2.45, 2.75) is 0 Å². The third-order valence-corrected chi connectivity index (χ3v) is 1.87.